The molecule has 0 atom stereocenters. The van der Waals surface area contributed by atoms with E-state index in [4.69, 9.17) is 9.47 Å². The standard InChI is InChI=1S/C30H20F2N2O2S2.C2H6/c1-35-19-6-3-17(4-7-19)18-5-9-21(25(31)15-18)22-11-12-24(30-29(22)33-38-34-30)28-14-13-27(37-28)23-10-8-20(36-2)16-26(23)32;1-2/h3-16H,1-2H3;1-2H3. The number of benzene rings is 4. The summed E-state index contributed by atoms with van der Waals surface area (Å²) in [5.41, 5.74) is 5.50. The highest BCUT2D eigenvalue weighted by molar-refractivity contribution is 7.19. The zero-order valence-electron chi connectivity index (χ0n) is 22.4. The maximum atomic E-state index is 15.4. The molecule has 6 rings (SSSR count). The molecule has 0 aliphatic carbocycles. The SMILES string of the molecule is CC.COc1ccc(-c2ccc(-c3ccc(-c4ccc(-c5ccc(OC)cc5F)s4)c4nsnc34)c(F)c2)cc1. The highest BCUT2D eigenvalue weighted by Gasteiger charge is 2.18. The van der Waals surface area contributed by atoms with Gasteiger partial charge in [-0.1, -0.05) is 50.2 Å². The summed E-state index contributed by atoms with van der Waals surface area (Å²) in [6, 6.07) is 25.2. The number of nitrogens with zero attached hydrogens (tertiary/aromatic N) is 2. The number of hydrogen-bond donors (Lipinski definition) is 0. The molecular weight excluding hydrogens is 546 g/mol. The topological polar surface area (TPSA) is 44.2 Å². The van der Waals surface area contributed by atoms with Crippen molar-refractivity contribution in [2.24, 2.45) is 0 Å². The lowest BCUT2D eigenvalue weighted by molar-refractivity contribution is 0.411. The summed E-state index contributed by atoms with van der Waals surface area (Å²) in [7, 11) is 3.12. The van der Waals surface area contributed by atoms with Crippen LogP contribution in [0.5, 0.6) is 11.5 Å². The molecule has 40 heavy (non-hydrogen) atoms. The molecule has 0 saturated carbocycles. The summed E-state index contributed by atoms with van der Waals surface area (Å²) < 4.78 is 49.4. The molecular formula is C32H26F2N2O2S2. The molecule has 202 valence electrons. The Kier molecular flexibility index (Phi) is 8.19. The number of hydrogen-bond acceptors (Lipinski definition) is 6. The Hall–Kier alpha value is -4.14. The number of ether oxygens (including phenoxy) is 2. The molecule has 0 bridgehead atoms. The first-order valence-electron chi connectivity index (χ1n) is 12.7. The first kappa shape index (κ1) is 27.4. The van der Waals surface area contributed by atoms with E-state index in [1.165, 1.54) is 30.6 Å². The zero-order valence-corrected chi connectivity index (χ0v) is 24.0. The van der Waals surface area contributed by atoms with E-state index in [0.717, 1.165) is 43.9 Å². The van der Waals surface area contributed by atoms with E-state index < -0.39 is 0 Å². The van der Waals surface area contributed by atoms with E-state index in [2.05, 4.69) is 8.75 Å². The lowest BCUT2D eigenvalue weighted by Crippen LogP contribution is -1.90. The van der Waals surface area contributed by atoms with E-state index >= 15 is 4.39 Å². The van der Waals surface area contributed by atoms with Crippen LogP contribution in [0.15, 0.2) is 84.9 Å². The van der Waals surface area contributed by atoms with Gasteiger partial charge in [0.2, 0.25) is 0 Å². The molecule has 0 fully saturated rings. The third-order valence-corrected chi connectivity index (χ3v) is 8.09. The van der Waals surface area contributed by atoms with Crippen molar-refractivity contribution >= 4 is 34.1 Å². The third-order valence-electron chi connectivity index (χ3n) is 6.41. The van der Waals surface area contributed by atoms with Crippen LogP contribution in [-0.4, -0.2) is 23.0 Å². The van der Waals surface area contributed by atoms with Crippen molar-refractivity contribution in [3.8, 4) is 54.6 Å². The zero-order chi connectivity index (χ0) is 28.2. The van der Waals surface area contributed by atoms with Crippen molar-refractivity contribution in [1.82, 2.24) is 8.75 Å². The van der Waals surface area contributed by atoms with E-state index in [-0.39, 0.29) is 11.6 Å². The summed E-state index contributed by atoms with van der Waals surface area (Å²) in [6.45, 7) is 4.00. The van der Waals surface area contributed by atoms with Gasteiger partial charge in [0.25, 0.3) is 0 Å². The number of methoxy groups -OCH3 is 2. The van der Waals surface area contributed by atoms with Crippen LogP contribution < -0.4 is 9.47 Å². The van der Waals surface area contributed by atoms with Gasteiger partial charge in [0, 0.05) is 38.1 Å². The predicted molar refractivity (Wildman–Crippen MR) is 161 cm³/mol. The lowest BCUT2D eigenvalue weighted by Gasteiger charge is -2.09. The molecule has 4 nitrogen and oxygen atoms in total. The average Bonchev–Trinajstić information content (AvgIpc) is 3.69. The third kappa shape index (κ3) is 5.20. The highest BCUT2D eigenvalue weighted by Crippen LogP contribution is 2.41. The largest absolute Gasteiger partial charge is 0.497 e. The molecule has 0 spiro atoms. The van der Waals surface area contributed by atoms with Crippen molar-refractivity contribution in [2.45, 2.75) is 13.8 Å². The Balaban J connectivity index is 0.00000158. The predicted octanol–water partition coefficient (Wildman–Crippen LogP) is 9.74. The quantitative estimate of drug-likeness (QED) is 0.199. The van der Waals surface area contributed by atoms with Crippen LogP contribution in [0.1, 0.15) is 13.8 Å². The number of halogens is 2. The van der Waals surface area contributed by atoms with Crippen LogP contribution >= 0.6 is 23.1 Å². The van der Waals surface area contributed by atoms with E-state index in [1.807, 2.05) is 68.4 Å². The van der Waals surface area contributed by atoms with Gasteiger partial charge >= 0.3 is 0 Å². The second-order valence-corrected chi connectivity index (χ2v) is 10.2. The van der Waals surface area contributed by atoms with Gasteiger partial charge in [-0.15, -0.1) is 11.3 Å². The Morgan fingerprint density at radius 2 is 1.07 bits per heavy atom. The van der Waals surface area contributed by atoms with Crippen LogP contribution in [0.2, 0.25) is 0 Å². The first-order chi connectivity index (χ1) is 19.6. The van der Waals surface area contributed by atoms with Crippen molar-refractivity contribution < 1.29 is 18.3 Å². The fourth-order valence-corrected chi connectivity index (χ4v) is 6.06. The molecule has 8 heteroatoms. The lowest BCUT2D eigenvalue weighted by atomic mass is 9.97. The van der Waals surface area contributed by atoms with Crippen LogP contribution in [0.3, 0.4) is 0 Å². The Morgan fingerprint density at radius 1 is 0.550 bits per heavy atom. The summed E-state index contributed by atoms with van der Waals surface area (Å²) in [5, 5.41) is 0. The van der Waals surface area contributed by atoms with E-state index in [1.54, 1.807) is 25.3 Å². The molecule has 6 aromatic rings. The second kappa shape index (κ2) is 11.9. The summed E-state index contributed by atoms with van der Waals surface area (Å²) in [5.74, 6) is 0.533. The van der Waals surface area contributed by atoms with Gasteiger partial charge in [0.15, 0.2) is 0 Å². The van der Waals surface area contributed by atoms with Gasteiger partial charge in [0.1, 0.15) is 34.2 Å². The fraction of sp³-hybridized carbons (Fsp3) is 0.125. The smallest absolute Gasteiger partial charge is 0.135 e. The van der Waals surface area contributed by atoms with Gasteiger partial charge in [-0.05, 0) is 53.6 Å². The minimum absolute atomic E-state index is 0.339. The number of thiophene rings is 1. The molecule has 0 amide bonds. The summed E-state index contributed by atoms with van der Waals surface area (Å²) >= 11 is 2.55. The molecule has 0 saturated heterocycles. The number of aromatic nitrogens is 2. The molecule has 0 unspecified atom stereocenters. The van der Waals surface area contributed by atoms with Gasteiger partial charge in [0.05, 0.1) is 25.9 Å². The van der Waals surface area contributed by atoms with Crippen LogP contribution in [0.25, 0.3) is 54.2 Å². The monoisotopic (exact) mass is 572 g/mol. The highest BCUT2D eigenvalue weighted by atomic mass is 32.1. The van der Waals surface area contributed by atoms with Crippen LogP contribution in [0.4, 0.5) is 8.78 Å². The summed E-state index contributed by atoms with van der Waals surface area (Å²) in [6.07, 6.45) is 0. The average molecular weight is 573 g/mol. The fourth-order valence-electron chi connectivity index (χ4n) is 4.43. The maximum Gasteiger partial charge on any atom is 0.135 e. The number of rotatable bonds is 6. The molecule has 4 aromatic carbocycles. The van der Waals surface area contributed by atoms with Gasteiger partial charge < -0.3 is 9.47 Å². The number of fused-ring (bicyclic) bond motifs is 1. The van der Waals surface area contributed by atoms with Gasteiger partial charge in [-0.3, -0.25) is 0 Å². The van der Waals surface area contributed by atoms with E-state index in [9.17, 15) is 4.39 Å². The molecule has 2 aromatic heterocycles. The summed E-state index contributed by atoms with van der Waals surface area (Å²) in [4.78, 5) is 1.72. The van der Waals surface area contributed by atoms with Crippen molar-refractivity contribution in [3.05, 3.63) is 96.6 Å². The first-order valence-corrected chi connectivity index (χ1v) is 14.2. The molecule has 0 aliphatic rings. The normalized spacial score (nSPS) is 10.8. The van der Waals surface area contributed by atoms with Crippen molar-refractivity contribution in [1.29, 1.82) is 0 Å². The van der Waals surface area contributed by atoms with Crippen molar-refractivity contribution in [2.75, 3.05) is 14.2 Å². The second-order valence-electron chi connectivity index (χ2n) is 8.55. The maximum absolute atomic E-state index is 15.4. The Bertz CT molecular complexity index is 1780. The van der Waals surface area contributed by atoms with Gasteiger partial charge in [-0.25, -0.2) is 8.78 Å². The molecule has 2 heterocycles. The molecule has 0 radical (unpaired) electrons. The molecule has 0 aliphatic heterocycles. The molecule has 0 N–H and O–H groups in total. The Morgan fingerprint density at radius 3 is 1.73 bits per heavy atom. The van der Waals surface area contributed by atoms with Crippen LogP contribution in [0, 0.1) is 11.6 Å². The van der Waals surface area contributed by atoms with Crippen molar-refractivity contribution in [3.63, 3.8) is 0 Å². The van der Waals surface area contributed by atoms with E-state index in [0.29, 0.717) is 33.5 Å². The van der Waals surface area contributed by atoms with Gasteiger partial charge in [-0.2, -0.15) is 8.75 Å². The van der Waals surface area contributed by atoms with Crippen LogP contribution in [-0.2, 0) is 0 Å². The minimum atomic E-state index is -0.345. The minimum Gasteiger partial charge on any atom is -0.497 e. The Labute approximate surface area is 239 Å².